The molecule has 4 nitrogen and oxygen atoms in total. The topological polar surface area (TPSA) is 71.9 Å². The zero-order chi connectivity index (χ0) is 15.6. The maximum Gasteiger partial charge on any atom is 0.252 e. The Kier molecular flexibility index (Phi) is 4.98. The number of primary amides is 1. The van der Waals surface area contributed by atoms with Crippen molar-refractivity contribution in [2.75, 3.05) is 6.26 Å². The van der Waals surface area contributed by atoms with Gasteiger partial charge in [-0.15, -0.1) is 11.8 Å². The Hall–Kier alpha value is -1.43. The van der Waals surface area contributed by atoms with Gasteiger partial charge in [0.2, 0.25) is 0 Å². The van der Waals surface area contributed by atoms with Crippen LogP contribution in [-0.2, 0) is 6.54 Å². The number of thioether (sulfide) groups is 1. The highest BCUT2D eigenvalue weighted by molar-refractivity contribution is 7.98. The monoisotopic (exact) mass is 341 g/mol. The van der Waals surface area contributed by atoms with Gasteiger partial charge in [-0.05, 0) is 36.1 Å². The summed E-state index contributed by atoms with van der Waals surface area (Å²) in [5.74, 6) is -0.674. The van der Waals surface area contributed by atoms with Crippen LogP contribution in [0.5, 0.6) is 0 Å². The Balaban J connectivity index is 2.52. The molecule has 0 fully saturated rings. The van der Waals surface area contributed by atoms with Crippen LogP contribution in [0.25, 0.3) is 0 Å². The predicted octanol–water partition coefficient (Wildman–Crippen LogP) is 3.14. The van der Waals surface area contributed by atoms with Crippen LogP contribution in [0, 0.1) is 5.41 Å². The predicted molar refractivity (Wildman–Crippen MR) is 86.1 cm³/mol. The van der Waals surface area contributed by atoms with Gasteiger partial charge in [-0.25, -0.2) is 0 Å². The van der Waals surface area contributed by atoms with Crippen molar-refractivity contribution in [3.63, 3.8) is 0 Å². The van der Waals surface area contributed by atoms with Crippen LogP contribution in [0.3, 0.4) is 0 Å². The van der Waals surface area contributed by atoms with E-state index >= 15 is 0 Å². The van der Waals surface area contributed by atoms with Crippen molar-refractivity contribution in [1.29, 1.82) is 5.41 Å². The molecule has 0 spiro atoms. The number of aromatic nitrogens is 1. The van der Waals surface area contributed by atoms with Gasteiger partial charge in [0.1, 0.15) is 5.49 Å². The summed E-state index contributed by atoms with van der Waals surface area (Å²) in [4.78, 5) is 12.4. The Morgan fingerprint density at radius 1 is 1.33 bits per heavy atom. The Labute approximate surface area is 136 Å². The molecule has 1 aromatic carbocycles. The molecule has 21 heavy (non-hydrogen) atoms. The van der Waals surface area contributed by atoms with Crippen LogP contribution in [0.4, 0.5) is 0 Å². The second kappa shape index (κ2) is 6.56. The maximum absolute atomic E-state index is 11.4. The van der Waals surface area contributed by atoms with Crippen LogP contribution in [0.1, 0.15) is 15.9 Å². The lowest BCUT2D eigenvalue weighted by atomic mass is 10.2. The summed E-state index contributed by atoms with van der Waals surface area (Å²) < 4.78 is 1.58. The minimum atomic E-state index is -0.674. The number of pyridine rings is 1. The molecule has 7 heteroatoms. The molecule has 2 aromatic rings. The SMILES string of the molecule is CSc1ccc(Cl)cc1Cn1cc(Cl)cc(C(N)=O)c1=N. The van der Waals surface area contributed by atoms with E-state index in [1.165, 1.54) is 6.07 Å². The molecule has 0 bridgehead atoms. The van der Waals surface area contributed by atoms with Crippen LogP contribution in [-0.4, -0.2) is 16.7 Å². The van der Waals surface area contributed by atoms with Gasteiger partial charge in [0.25, 0.3) is 5.91 Å². The van der Waals surface area contributed by atoms with Crippen LogP contribution >= 0.6 is 35.0 Å². The largest absolute Gasteiger partial charge is 0.365 e. The molecule has 110 valence electrons. The number of benzene rings is 1. The molecule has 0 aliphatic carbocycles. The lowest BCUT2D eigenvalue weighted by molar-refractivity contribution is 0.0998. The van der Waals surface area contributed by atoms with Crippen molar-refractivity contribution in [1.82, 2.24) is 4.57 Å². The van der Waals surface area contributed by atoms with Gasteiger partial charge < -0.3 is 10.3 Å². The van der Waals surface area contributed by atoms with Crippen molar-refractivity contribution in [3.8, 4) is 0 Å². The van der Waals surface area contributed by atoms with Crippen molar-refractivity contribution < 1.29 is 4.79 Å². The molecule has 0 atom stereocenters. The van der Waals surface area contributed by atoms with Crippen LogP contribution in [0.15, 0.2) is 35.4 Å². The summed E-state index contributed by atoms with van der Waals surface area (Å²) in [6.45, 7) is 0.385. The summed E-state index contributed by atoms with van der Waals surface area (Å²) in [6.07, 6.45) is 3.56. The summed E-state index contributed by atoms with van der Waals surface area (Å²) in [6, 6.07) is 6.98. The third-order valence-corrected chi connectivity index (χ3v) is 4.23. The molecule has 0 aliphatic heterocycles. The first-order valence-corrected chi connectivity index (χ1v) is 7.97. The highest BCUT2D eigenvalue weighted by atomic mass is 35.5. The molecule has 3 N–H and O–H groups in total. The fourth-order valence-corrected chi connectivity index (χ4v) is 2.99. The lowest BCUT2D eigenvalue weighted by Crippen LogP contribution is -2.29. The van der Waals surface area contributed by atoms with Gasteiger partial charge in [0.15, 0.2) is 0 Å². The average molecular weight is 342 g/mol. The van der Waals surface area contributed by atoms with E-state index in [9.17, 15) is 4.79 Å². The molecule has 0 saturated heterocycles. The van der Waals surface area contributed by atoms with E-state index < -0.39 is 5.91 Å². The summed E-state index contributed by atoms with van der Waals surface area (Å²) >= 11 is 13.6. The number of hydrogen-bond donors (Lipinski definition) is 2. The second-order valence-electron chi connectivity index (χ2n) is 4.37. The number of nitrogens with one attached hydrogen (secondary N) is 1. The second-order valence-corrected chi connectivity index (χ2v) is 6.09. The normalized spacial score (nSPS) is 10.6. The van der Waals surface area contributed by atoms with Crippen molar-refractivity contribution in [3.05, 3.63) is 57.1 Å². The first-order valence-electron chi connectivity index (χ1n) is 5.99. The number of hydrogen-bond acceptors (Lipinski definition) is 3. The Morgan fingerprint density at radius 3 is 2.67 bits per heavy atom. The van der Waals surface area contributed by atoms with Crippen molar-refractivity contribution in [2.24, 2.45) is 5.73 Å². The van der Waals surface area contributed by atoms with E-state index in [0.717, 1.165) is 10.5 Å². The van der Waals surface area contributed by atoms with Gasteiger partial charge in [-0.3, -0.25) is 10.2 Å². The molecule has 2 rings (SSSR count). The van der Waals surface area contributed by atoms with E-state index in [2.05, 4.69) is 0 Å². The summed E-state index contributed by atoms with van der Waals surface area (Å²) in [5, 5.41) is 9.04. The minimum Gasteiger partial charge on any atom is -0.365 e. The van der Waals surface area contributed by atoms with Crippen LogP contribution in [0.2, 0.25) is 10.0 Å². The maximum atomic E-state index is 11.4. The van der Waals surface area contributed by atoms with Crippen molar-refractivity contribution in [2.45, 2.75) is 11.4 Å². The molecular weight excluding hydrogens is 329 g/mol. The average Bonchev–Trinajstić information content (AvgIpc) is 2.42. The summed E-state index contributed by atoms with van der Waals surface area (Å²) in [5.41, 5.74) is 6.34. The zero-order valence-electron chi connectivity index (χ0n) is 11.2. The molecule has 1 amide bonds. The number of amides is 1. The minimum absolute atomic E-state index is 0.0268. The van der Waals surface area contributed by atoms with E-state index in [1.54, 1.807) is 22.5 Å². The number of nitrogens with zero attached hydrogens (tertiary/aromatic N) is 1. The Morgan fingerprint density at radius 2 is 2.05 bits per heavy atom. The Bertz CT molecular complexity index is 758. The highest BCUT2D eigenvalue weighted by Crippen LogP contribution is 2.24. The fourth-order valence-electron chi connectivity index (χ4n) is 1.98. The number of rotatable bonds is 4. The lowest BCUT2D eigenvalue weighted by Gasteiger charge is -2.13. The molecule has 1 aromatic heterocycles. The first-order chi connectivity index (χ1) is 9.92. The van der Waals surface area contributed by atoms with Gasteiger partial charge >= 0.3 is 0 Å². The van der Waals surface area contributed by atoms with Crippen LogP contribution < -0.4 is 11.2 Å². The molecule has 0 aliphatic rings. The number of halogens is 2. The fraction of sp³-hybridized carbons (Fsp3) is 0.143. The number of carbonyl (C=O) groups excluding carboxylic acids is 1. The third-order valence-electron chi connectivity index (χ3n) is 2.95. The van der Waals surface area contributed by atoms with Gasteiger partial charge in [0, 0.05) is 16.1 Å². The van der Waals surface area contributed by atoms with Crippen molar-refractivity contribution >= 4 is 40.9 Å². The standard InChI is InChI=1S/C14H13Cl2N3OS/c1-21-12-3-2-9(15)4-8(12)6-19-7-10(16)5-11(13(19)17)14(18)20/h2-5,7,17H,6H2,1H3,(H2,18,20). The first kappa shape index (κ1) is 15.9. The quantitative estimate of drug-likeness (QED) is 0.838. The molecule has 0 radical (unpaired) electrons. The number of nitrogens with two attached hydrogens (primary N) is 1. The van der Waals surface area contributed by atoms with Gasteiger partial charge in [0.05, 0.1) is 17.1 Å². The number of carbonyl (C=O) groups is 1. The van der Waals surface area contributed by atoms with E-state index in [-0.39, 0.29) is 11.1 Å². The summed E-state index contributed by atoms with van der Waals surface area (Å²) in [7, 11) is 0. The molecule has 1 heterocycles. The zero-order valence-corrected chi connectivity index (χ0v) is 13.5. The molecule has 0 unspecified atom stereocenters. The van der Waals surface area contributed by atoms with E-state index in [0.29, 0.717) is 16.6 Å². The van der Waals surface area contributed by atoms with E-state index in [1.807, 2.05) is 24.5 Å². The van der Waals surface area contributed by atoms with E-state index in [4.69, 9.17) is 34.3 Å². The smallest absolute Gasteiger partial charge is 0.252 e. The van der Waals surface area contributed by atoms with Gasteiger partial charge in [-0.2, -0.15) is 0 Å². The third kappa shape index (κ3) is 3.61. The molecule has 0 saturated carbocycles. The molecular formula is C14H13Cl2N3OS. The highest BCUT2D eigenvalue weighted by Gasteiger charge is 2.10. The van der Waals surface area contributed by atoms with Gasteiger partial charge in [-0.1, -0.05) is 23.2 Å².